The van der Waals surface area contributed by atoms with Gasteiger partial charge in [0.05, 0.1) is 17.2 Å². The lowest BCUT2D eigenvalue weighted by molar-refractivity contribution is -0.384. The Morgan fingerprint density at radius 1 is 1.00 bits per heavy atom. The monoisotopic (exact) mass is 487 g/mol. The van der Waals surface area contributed by atoms with Crippen molar-refractivity contribution >= 4 is 23.2 Å². The molecule has 2 amide bonds. The largest absolute Gasteiger partial charge is 0.354 e. The second-order valence-corrected chi connectivity index (χ2v) is 8.99. The summed E-state index contributed by atoms with van der Waals surface area (Å²) in [5.74, 6) is 1.62. The van der Waals surface area contributed by atoms with Crippen molar-refractivity contribution in [3.8, 4) is 11.4 Å². The number of likely N-dealkylation sites (N-methyl/N-ethyl adjacent to an activating group) is 1. The molecule has 0 spiro atoms. The van der Waals surface area contributed by atoms with Crippen LogP contribution in [0.5, 0.6) is 0 Å². The molecule has 2 aliphatic rings. The number of hydrogen-bond acceptors (Lipinski definition) is 7. The number of anilines is 2. The summed E-state index contributed by atoms with van der Waals surface area (Å²) < 4.78 is 0. The number of non-ortho nitro benzene ring substituents is 1. The van der Waals surface area contributed by atoms with Crippen LogP contribution in [-0.2, 0) is 13.0 Å². The number of hydrogen-bond donors (Lipinski definition) is 1. The van der Waals surface area contributed by atoms with E-state index in [1.165, 1.54) is 12.1 Å². The molecule has 186 valence electrons. The van der Waals surface area contributed by atoms with Crippen LogP contribution in [0.1, 0.15) is 18.2 Å². The molecule has 2 aromatic carbocycles. The number of amides is 2. The highest BCUT2D eigenvalue weighted by Gasteiger charge is 2.29. The smallest absolute Gasteiger partial charge is 0.322 e. The third-order valence-corrected chi connectivity index (χ3v) is 6.81. The number of rotatable bonds is 5. The van der Waals surface area contributed by atoms with E-state index in [-0.39, 0.29) is 11.7 Å². The number of fused-ring (bicyclic) bond motifs is 1. The second-order valence-electron chi connectivity index (χ2n) is 8.99. The van der Waals surface area contributed by atoms with Crippen LogP contribution in [-0.4, -0.2) is 70.0 Å². The molecule has 2 aliphatic heterocycles. The fourth-order valence-corrected chi connectivity index (χ4v) is 4.69. The molecular weight excluding hydrogens is 458 g/mol. The van der Waals surface area contributed by atoms with Gasteiger partial charge in [0, 0.05) is 68.1 Å². The molecule has 1 aromatic heterocycles. The predicted octanol–water partition coefficient (Wildman–Crippen LogP) is 3.78. The minimum Gasteiger partial charge on any atom is -0.354 e. The number of nitro groups is 1. The summed E-state index contributed by atoms with van der Waals surface area (Å²) in [6, 6.07) is 15.6. The lowest BCUT2D eigenvalue weighted by atomic mass is 10.0. The average Bonchev–Trinajstić information content (AvgIpc) is 2.93. The molecule has 10 heteroatoms. The van der Waals surface area contributed by atoms with E-state index < -0.39 is 4.92 Å². The van der Waals surface area contributed by atoms with Crippen LogP contribution < -0.4 is 10.2 Å². The number of carbonyl (C=O) groups is 1. The predicted molar refractivity (Wildman–Crippen MR) is 138 cm³/mol. The maximum atomic E-state index is 13.1. The van der Waals surface area contributed by atoms with Gasteiger partial charge >= 0.3 is 6.03 Å². The fourth-order valence-electron chi connectivity index (χ4n) is 4.69. The first-order valence-electron chi connectivity index (χ1n) is 12.2. The third kappa shape index (κ3) is 4.99. The number of carbonyl (C=O) groups excluding carboxylic acids is 1. The Morgan fingerprint density at radius 2 is 1.72 bits per heavy atom. The van der Waals surface area contributed by atoms with Crippen LogP contribution in [0.3, 0.4) is 0 Å². The molecule has 10 nitrogen and oxygen atoms in total. The van der Waals surface area contributed by atoms with Gasteiger partial charge in [0.2, 0.25) is 0 Å². The van der Waals surface area contributed by atoms with Gasteiger partial charge in [-0.1, -0.05) is 37.3 Å². The maximum absolute atomic E-state index is 13.1. The number of urea groups is 1. The van der Waals surface area contributed by atoms with Crippen molar-refractivity contribution in [3.63, 3.8) is 0 Å². The first-order chi connectivity index (χ1) is 17.5. The minimum absolute atomic E-state index is 0.0147. The normalized spacial score (nSPS) is 15.9. The zero-order chi connectivity index (χ0) is 25.1. The third-order valence-electron chi connectivity index (χ3n) is 6.81. The van der Waals surface area contributed by atoms with Gasteiger partial charge in [-0.3, -0.25) is 10.1 Å². The first-order valence-corrected chi connectivity index (χ1v) is 12.2. The highest BCUT2D eigenvalue weighted by atomic mass is 16.6. The standard InChI is InChI=1S/C26H29N7O3/c1-2-30-14-16-31(17-15-30)25-22-18-32(26(34)27-20-8-10-21(11-9-20)33(35)36)13-12-23(22)28-24(29-25)19-6-4-3-5-7-19/h3-11H,2,12-18H2,1H3,(H,27,34). The average molecular weight is 488 g/mol. The molecular formula is C26H29N7O3. The molecule has 3 aromatic rings. The van der Waals surface area contributed by atoms with Gasteiger partial charge in [-0.05, 0) is 18.7 Å². The van der Waals surface area contributed by atoms with Gasteiger partial charge in [0.25, 0.3) is 5.69 Å². The van der Waals surface area contributed by atoms with Gasteiger partial charge in [0.1, 0.15) is 5.82 Å². The zero-order valence-corrected chi connectivity index (χ0v) is 20.3. The Balaban J connectivity index is 1.40. The van der Waals surface area contributed by atoms with Crippen LogP contribution in [0.15, 0.2) is 54.6 Å². The number of nitrogens with zero attached hydrogens (tertiary/aromatic N) is 6. The Hall–Kier alpha value is -4.05. The number of nitrogens with one attached hydrogen (secondary N) is 1. The Kier molecular flexibility index (Phi) is 6.77. The molecule has 1 N–H and O–H groups in total. The van der Waals surface area contributed by atoms with Crippen LogP contribution in [0.2, 0.25) is 0 Å². The van der Waals surface area contributed by atoms with Gasteiger partial charge < -0.3 is 20.0 Å². The Bertz CT molecular complexity index is 1240. The molecule has 0 atom stereocenters. The molecule has 0 bridgehead atoms. The number of aromatic nitrogens is 2. The van der Waals surface area contributed by atoms with Gasteiger partial charge in [0.15, 0.2) is 5.82 Å². The second kappa shape index (κ2) is 10.3. The molecule has 5 rings (SSSR count). The summed E-state index contributed by atoms with van der Waals surface area (Å²) in [4.78, 5) is 39.9. The van der Waals surface area contributed by atoms with Gasteiger partial charge in [-0.15, -0.1) is 0 Å². The molecule has 36 heavy (non-hydrogen) atoms. The number of piperazine rings is 1. The van der Waals surface area contributed by atoms with Crippen LogP contribution >= 0.6 is 0 Å². The molecule has 1 saturated heterocycles. The molecule has 0 unspecified atom stereocenters. The van der Waals surface area contributed by atoms with Crippen LogP contribution in [0, 0.1) is 10.1 Å². The van der Waals surface area contributed by atoms with Gasteiger partial charge in [-0.2, -0.15) is 0 Å². The summed E-state index contributed by atoms with van der Waals surface area (Å²) in [5.41, 5.74) is 3.45. The summed E-state index contributed by atoms with van der Waals surface area (Å²) in [6.07, 6.45) is 0.632. The zero-order valence-electron chi connectivity index (χ0n) is 20.3. The topological polar surface area (TPSA) is 108 Å². The maximum Gasteiger partial charge on any atom is 0.322 e. The lowest BCUT2D eigenvalue weighted by Gasteiger charge is -2.37. The Morgan fingerprint density at radius 3 is 2.39 bits per heavy atom. The SMILES string of the molecule is CCN1CCN(c2nc(-c3ccccc3)nc3c2CN(C(=O)Nc2ccc([N+](=O)[O-])cc2)CC3)CC1. The van der Waals surface area contributed by atoms with Crippen molar-refractivity contribution in [2.24, 2.45) is 0 Å². The number of nitro benzene ring substituents is 1. The highest BCUT2D eigenvalue weighted by molar-refractivity contribution is 5.89. The summed E-state index contributed by atoms with van der Waals surface area (Å²) in [6.45, 7) is 7.84. The van der Waals surface area contributed by atoms with E-state index in [9.17, 15) is 14.9 Å². The van der Waals surface area contributed by atoms with E-state index in [1.807, 2.05) is 30.3 Å². The fraction of sp³-hybridized carbons (Fsp3) is 0.346. The number of benzene rings is 2. The van der Waals surface area contributed by atoms with Crippen LogP contribution in [0.25, 0.3) is 11.4 Å². The highest BCUT2D eigenvalue weighted by Crippen LogP contribution is 2.30. The Labute approximate surface area is 209 Å². The van der Waals surface area contributed by atoms with Crippen molar-refractivity contribution in [1.82, 2.24) is 19.8 Å². The van der Waals surface area contributed by atoms with E-state index in [1.54, 1.807) is 17.0 Å². The van der Waals surface area contributed by atoms with E-state index in [0.717, 1.165) is 55.4 Å². The minimum atomic E-state index is -0.460. The van der Waals surface area contributed by atoms with E-state index in [4.69, 9.17) is 9.97 Å². The summed E-state index contributed by atoms with van der Waals surface area (Å²) in [5, 5.41) is 13.8. The summed E-state index contributed by atoms with van der Waals surface area (Å²) in [7, 11) is 0. The first kappa shape index (κ1) is 23.7. The van der Waals surface area contributed by atoms with Crippen molar-refractivity contribution in [1.29, 1.82) is 0 Å². The van der Waals surface area contributed by atoms with Crippen molar-refractivity contribution in [2.75, 3.05) is 49.5 Å². The van der Waals surface area contributed by atoms with E-state index >= 15 is 0 Å². The molecule has 0 aliphatic carbocycles. The van der Waals surface area contributed by atoms with Crippen molar-refractivity contribution in [2.45, 2.75) is 19.9 Å². The molecule has 1 fully saturated rings. The van der Waals surface area contributed by atoms with Crippen molar-refractivity contribution < 1.29 is 9.72 Å². The summed E-state index contributed by atoms with van der Waals surface area (Å²) >= 11 is 0. The molecule has 0 radical (unpaired) electrons. The van der Waals surface area contributed by atoms with E-state index in [0.29, 0.717) is 31.0 Å². The molecule has 0 saturated carbocycles. The molecule has 3 heterocycles. The lowest BCUT2D eigenvalue weighted by Crippen LogP contribution is -2.47. The quantitative estimate of drug-likeness (QED) is 0.431. The van der Waals surface area contributed by atoms with E-state index in [2.05, 4.69) is 22.0 Å². The van der Waals surface area contributed by atoms with Gasteiger partial charge in [-0.25, -0.2) is 14.8 Å². The van der Waals surface area contributed by atoms with Crippen molar-refractivity contribution in [3.05, 3.63) is 76.0 Å². The van der Waals surface area contributed by atoms with Crippen LogP contribution in [0.4, 0.5) is 22.0 Å².